The third-order valence-electron chi connectivity index (χ3n) is 9.08. The summed E-state index contributed by atoms with van der Waals surface area (Å²) in [6, 6.07) is 59.5. The van der Waals surface area contributed by atoms with Crippen LogP contribution in [0.5, 0.6) is 0 Å². The van der Waals surface area contributed by atoms with E-state index in [1.165, 1.54) is 66.7 Å². The van der Waals surface area contributed by atoms with Crippen molar-refractivity contribution in [3.05, 3.63) is 169 Å². The first-order chi connectivity index (χ1) is 22.4. The van der Waals surface area contributed by atoms with Gasteiger partial charge in [0.15, 0.2) is 0 Å². The molecule has 0 atom stereocenters. The van der Waals surface area contributed by atoms with E-state index in [9.17, 15) is 0 Å². The van der Waals surface area contributed by atoms with Gasteiger partial charge in [-0.15, -0.1) is 0 Å². The summed E-state index contributed by atoms with van der Waals surface area (Å²) in [5.41, 5.74) is 13.4. The first-order valence-corrected chi connectivity index (χ1v) is 16.0. The molecule has 2 heteroatoms. The second-order valence-electron chi connectivity index (χ2n) is 13.1. The van der Waals surface area contributed by atoms with Gasteiger partial charge < -0.3 is 9.13 Å². The molecule has 0 spiro atoms. The van der Waals surface area contributed by atoms with Gasteiger partial charge in [0.05, 0.1) is 22.4 Å². The zero-order valence-corrected chi connectivity index (χ0v) is 26.5. The number of hydrogen-bond donors (Lipinski definition) is 0. The highest BCUT2D eigenvalue weighted by atomic mass is 15.0. The van der Waals surface area contributed by atoms with Crippen molar-refractivity contribution in [2.45, 2.75) is 26.2 Å². The Kier molecular flexibility index (Phi) is 6.73. The molecule has 0 N–H and O–H groups in total. The van der Waals surface area contributed by atoms with Gasteiger partial charge in [0.2, 0.25) is 0 Å². The first-order valence-electron chi connectivity index (χ1n) is 16.0. The molecule has 0 radical (unpaired) electrons. The van der Waals surface area contributed by atoms with Gasteiger partial charge in [-0.05, 0) is 93.9 Å². The minimum Gasteiger partial charge on any atom is -0.309 e. The van der Waals surface area contributed by atoms with Crippen molar-refractivity contribution < 1.29 is 0 Å². The maximum Gasteiger partial charge on any atom is 0.0540 e. The molecule has 8 aromatic rings. The van der Waals surface area contributed by atoms with Crippen LogP contribution >= 0.6 is 0 Å². The van der Waals surface area contributed by atoms with E-state index in [2.05, 4.69) is 194 Å². The maximum atomic E-state index is 2.40. The zero-order valence-electron chi connectivity index (χ0n) is 26.5. The topological polar surface area (TPSA) is 9.86 Å². The molecule has 0 saturated heterocycles. The molecule has 222 valence electrons. The lowest BCUT2D eigenvalue weighted by atomic mass is 9.87. The van der Waals surface area contributed by atoms with Crippen LogP contribution < -0.4 is 0 Å². The normalized spacial score (nSPS) is 11.8. The summed E-state index contributed by atoms with van der Waals surface area (Å²) < 4.78 is 4.77. The number of hydrogen-bond acceptors (Lipinski definition) is 0. The van der Waals surface area contributed by atoms with Gasteiger partial charge in [0.25, 0.3) is 0 Å². The van der Waals surface area contributed by atoms with Gasteiger partial charge in [-0.1, -0.05) is 124 Å². The minimum absolute atomic E-state index is 0.111. The highest BCUT2D eigenvalue weighted by Gasteiger charge is 2.17. The molecule has 46 heavy (non-hydrogen) atoms. The zero-order chi connectivity index (χ0) is 31.3. The largest absolute Gasteiger partial charge is 0.309 e. The summed E-state index contributed by atoms with van der Waals surface area (Å²) in [5.74, 6) is 0. The number of fused-ring (bicyclic) bond motifs is 2. The van der Waals surface area contributed by atoms with Gasteiger partial charge in [0.1, 0.15) is 0 Å². The fraction of sp³-hybridized carbons (Fsp3) is 0.0909. The third-order valence-corrected chi connectivity index (χ3v) is 9.08. The SMILES string of the molecule is CC(C)(C)c1ccc(-n2c(-c3ccccc3)cc3cc(-c4ccc5c(c4)cc(-c4ccccc4)n5-c4ccccc4)ccc32)cc1. The second-order valence-corrected chi connectivity index (χ2v) is 13.1. The summed E-state index contributed by atoms with van der Waals surface area (Å²) in [6.45, 7) is 6.79. The number of rotatable bonds is 5. The van der Waals surface area contributed by atoms with Crippen LogP contribution in [-0.4, -0.2) is 9.13 Å². The summed E-state index contributed by atoms with van der Waals surface area (Å²) >= 11 is 0. The fourth-order valence-electron chi connectivity index (χ4n) is 6.68. The first kappa shape index (κ1) is 27.9. The molecule has 0 aliphatic heterocycles. The molecule has 0 amide bonds. The van der Waals surface area contributed by atoms with E-state index in [4.69, 9.17) is 0 Å². The molecule has 0 bridgehead atoms. The van der Waals surface area contributed by atoms with Crippen LogP contribution in [0.25, 0.3) is 66.8 Å². The van der Waals surface area contributed by atoms with E-state index in [1.54, 1.807) is 0 Å². The Morgan fingerprint density at radius 1 is 0.370 bits per heavy atom. The predicted molar refractivity (Wildman–Crippen MR) is 195 cm³/mol. The highest BCUT2D eigenvalue weighted by Crippen LogP contribution is 2.37. The van der Waals surface area contributed by atoms with E-state index in [1.807, 2.05) is 0 Å². The van der Waals surface area contributed by atoms with Gasteiger partial charge in [-0.2, -0.15) is 0 Å². The minimum atomic E-state index is 0.111. The standard InChI is InChI=1S/C44H36N2/c1-44(2,3)37-21-23-39(24-22-37)46-41-26-20-34(28-36(41)30-43(46)32-15-9-5-10-16-32)33-19-25-40-35(27-33)29-42(31-13-7-4-8-14-31)45(40)38-17-11-6-12-18-38/h4-30H,1-3H3. The van der Waals surface area contributed by atoms with Crippen LogP contribution in [0.4, 0.5) is 0 Å². The van der Waals surface area contributed by atoms with Gasteiger partial charge in [-0.25, -0.2) is 0 Å². The molecule has 2 aromatic heterocycles. The summed E-state index contributed by atoms with van der Waals surface area (Å²) in [5, 5.41) is 2.45. The highest BCUT2D eigenvalue weighted by molar-refractivity contribution is 5.95. The lowest BCUT2D eigenvalue weighted by molar-refractivity contribution is 0.590. The van der Waals surface area contributed by atoms with Crippen molar-refractivity contribution in [3.8, 4) is 45.0 Å². The molecule has 0 fully saturated rings. The predicted octanol–water partition coefficient (Wildman–Crippen LogP) is 11.9. The molecule has 2 heterocycles. The fourth-order valence-corrected chi connectivity index (χ4v) is 6.68. The van der Waals surface area contributed by atoms with E-state index < -0.39 is 0 Å². The third kappa shape index (κ3) is 4.93. The molecule has 0 saturated carbocycles. The summed E-state index contributed by atoms with van der Waals surface area (Å²) in [7, 11) is 0. The Hall–Kier alpha value is -5.60. The Morgan fingerprint density at radius 3 is 1.22 bits per heavy atom. The average Bonchev–Trinajstić information content (AvgIpc) is 3.67. The Labute approximate surface area is 270 Å². The number of aromatic nitrogens is 2. The lowest BCUT2D eigenvalue weighted by Crippen LogP contribution is -2.10. The lowest BCUT2D eigenvalue weighted by Gasteiger charge is -2.20. The van der Waals surface area contributed by atoms with Crippen molar-refractivity contribution in [3.63, 3.8) is 0 Å². The Morgan fingerprint density at radius 2 is 0.783 bits per heavy atom. The van der Waals surface area contributed by atoms with Crippen LogP contribution in [0.3, 0.4) is 0 Å². The van der Waals surface area contributed by atoms with Crippen LogP contribution in [0.2, 0.25) is 0 Å². The van der Waals surface area contributed by atoms with Crippen molar-refractivity contribution >= 4 is 21.8 Å². The van der Waals surface area contributed by atoms with E-state index in [0.717, 1.165) is 5.69 Å². The molecular formula is C44H36N2. The van der Waals surface area contributed by atoms with Gasteiger partial charge >= 0.3 is 0 Å². The van der Waals surface area contributed by atoms with E-state index in [-0.39, 0.29) is 5.41 Å². The van der Waals surface area contributed by atoms with Crippen LogP contribution in [-0.2, 0) is 5.41 Å². The number of benzene rings is 6. The quantitative estimate of drug-likeness (QED) is 0.188. The van der Waals surface area contributed by atoms with Crippen LogP contribution in [0.15, 0.2) is 164 Å². The van der Waals surface area contributed by atoms with Crippen molar-refractivity contribution in [1.29, 1.82) is 0 Å². The van der Waals surface area contributed by atoms with E-state index >= 15 is 0 Å². The molecule has 0 aliphatic rings. The molecule has 0 unspecified atom stereocenters. The Bertz CT molecular complexity index is 2300. The summed E-state index contributed by atoms with van der Waals surface area (Å²) in [4.78, 5) is 0. The summed E-state index contributed by atoms with van der Waals surface area (Å²) in [6.07, 6.45) is 0. The molecule has 0 aliphatic carbocycles. The van der Waals surface area contributed by atoms with Crippen molar-refractivity contribution in [2.75, 3.05) is 0 Å². The smallest absolute Gasteiger partial charge is 0.0540 e. The van der Waals surface area contributed by atoms with Crippen LogP contribution in [0.1, 0.15) is 26.3 Å². The van der Waals surface area contributed by atoms with Gasteiger partial charge in [-0.3, -0.25) is 0 Å². The van der Waals surface area contributed by atoms with Gasteiger partial charge in [0, 0.05) is 22.1 Å². The van der Waals surface area contributed by atoms with E-state index in [0.29, 0.717) is 0 Å². The molecule has 2 nitrogen and oxygen atoms in total. The Balaban J connectivity index is 1.27. The molecule has 6 aromatic carbocycles. The number of nitrogens with zero attached hydrogens (tertiary/aromatic N) is 2. The number of para-hydroxylation sites is 1. The van der Waals surface area contributed by atoms with Crippen LogP contribution in [0, 0.1) is 0 Å². The maximum absolute atomic E-state index is 2.40. The molecule has 8 rings (SSSR count). The monoisotopic (exact) mass is 592 g/mol. The second kappa shape index (κ2) is 11.1. The average molecular weight is 593 g/mol. The molecular weight excluding hydrogens is 556 g/mol. The van der Waals surface area contributed by atoms with Crippen molar-refractivity contribution in [2.24, 2.45) is 0 Å². The van der Waals surface area contributed by atoms with Crippen molar-refractivity contribution in [1.82, 2.24) is 9.13 Å².